The van der Waals surface area contributed by atoms with Gasteiger partial charge in [0.15, 0.2) is 0 Å². The topological polar surface area (TPSA) is 43.8 Å². The number of para-hydroxylation sites is 1. The zero-order chi connectivity index (χ0) is 10.8. The fraction of sp³-hybridized carbons (Fsp3) is 0.417. The molecule has 2 aromatic rings. The van der Waals surface area contributed by atoms with Crippen molar-refractivity contribution in [3.05, 3.63) is 29.6 Å². The normalized spacial score (nSPS) is 11.1. The molecular formula is C12H17N3. The number of rotatable bonds is 3. The van der Waals surface area contributed by atoms with Crippen LogP contribution < -0.4 is 5.73 Å². The van der Waals surface area contributed by atoms with Crippen molar-refractivity contribution in [3.63, 3.8) is 0 Å². The van der Waals surface area contributed by atoms with E-state index in [9.17, 15) is 0 Å². The van der Waals surface area contributed by atoms with Crippen molar-refractivity contribution >= 4 is 11.0 Å². The lowest BCUT2D eigenvalue weighted by Crippen LogP contribution is -2.07. The highest BCUT2D eigenvalue weighted by molar-refractivity contribution is 5.79. The van der Waals surface area contributed by atoms with Crippen LogP contribution >= 0.6 is 0 Å². The van der Waals surface area contributed by atoms with Gasteiger partial charge in [0.1, 0.15) is 5.82 Å². The predicted molar refractivity (Wildman–Crippen MR) is 62.9 cm³/mol. The second-order valence-corrected chi connectivity index (χ2v) is 3.76. The molecule has 0 bridgehead atoms. The molecule has 0 spiro atoms. The largest absolute Gasteiger partial charge is 0.331 e. The molecule has 1 aromatic heterocycles. The molecule has 2 N–H and O–H groups in total. The maximum Gasteiger partial charge on any atom is 0.110 e. The minimum atomic E-state index is 0.651. The van der Waals surface area contributed by atoms with E-state index in [4.69, 9.17) is 5.73 Å². The number of nitrogens with two attached hydrogens (primary N) is 1. The molecular weight excluding hydrogens is 186 g/mol. The Bertz CT molecular complexity index is 471. The Hall–Kier alpha value is -1.35. The van der Waals surface area contributed by atoms with Gasteiger partial charge in [-0.2, -0.15) is 0 Å². The summed E-state index contributed by atoms with van der Waals surface area (Å²) in [6, 6.07) is 6.35. The van der Waals surface area contributed by atoms with E-state index in [-0.39, 0.29) is 0 Å². The number of benzene rings is 1. The van der Waals surface area contributed by atoms with Crippen molar-refractivity contribution < 1.29 is 0 Å². The molecule has 1 heterocycles. The van der Waals surface area contributed by atoms with E-state index in [1.165, 1.54) is 11.1 Å². The first kappa shape index (κ1) is 10.2. The van der Waals surface area contributed by atoms with Crippen LogP contribution in [0.15, 0.2) is 18.2 Å². The summed E-state index contributed by atoms with van der Waals surface area (Å²) >= 11 is 0. The molecule has 2 rings (SSSR count). The van der Waals surface area contributed by atoms with Gasteiger partial charge in [-0.15, -0.1) is 0 Å². The van der Waals surface area contributed by atoms with Crippen LogP contribution in [-0.2, 0) is 19.9 Å². The molecule has 0 aliphatic carbocycles. The standard InChI is InChI=1S/C12H17N3/c1-3-9-5-4-6-10-12(9)14-11(7-8-13)15(10)2/h4-6H,3,7-8,13H2,1-2H3. The molecule has 1 aromatic carbocycles. The number of nitrogens with zero attached hydrogens (tertiary/aromatic N) is 2. The van der Waals surface area contributed by atoms with Crippen LogP contribution in [0.25, 0.3) is 11.0 Å². The van der Waals surface area contributed by atoms with Crippen molar-refractivity contribution in [2.45, 2.75) is 19.8 Å². The Kier molecular flexibility index (Phi) is 2.73. The van der Waals surface area contributed by atoms with Crippen LogP contribution in [-0.4, -0.2) is 16.1 Å². The maximum atomic E-state index is 5.57. The third-order valence-electron chi connectivity index (χ3n) is 2.84. The number of aromatic nitrogens is 2. The summed E-state index contributed by atoms with van der Waals surface area (Å²) < 4.78 is 2.14. The van der Waals surface area contributed by atoms with Gasteiger partial charge >= 0.3 is 0 Å². The first-order valence-electron chi connectivity index (χ1n) is 5.41. The van der Waals surface area contributed by atoms with Crippen molar-refractivity contribution in [3.8, 4) is 0 Å². The van der Waals surface area contributed by atoms with Crippen molar-refractivity contribution in [1.29, 1.82) is 0 Å². The first-order chi connectivity index (χ1) is 7.27. The van der Waals surface area contributed by atoms with Crippen LogP contribution in [0.1, 0.15) is 18.3 Å². The minimum absolute atomic E-state index is 0.651. The summed E-state index contributed by atoms with van der Waals surface area (Å²) in [4.78, 5) is 4.66. The second-order valence-electron chi connectivity index (χ2n) is 3.76. The molecule has 0 aliphatic heterocycles. The summed E-state index contributed by atoms with van der Waals surface area (Å²) in [7, 11) is 2.06. The lowest BCUT2D eigenvalue weighted by atomic mass is 10.1. The van der Waals surface area contributed by atoms with E-state index in [1.54, 1.807) is 0 Å². The van der Waals surface area contributed by atoms with Gasteiger partial charge in [0.05, 0.1) is 11.0 Å². The van der Waals surface area contributed by atoms with E-state index in [0.717, 1.165) is 24.2 Å². The number of aryl methyl sites for hydroxylation is 2. The highest BCUT2D eigenvalue weighted by atomic mass is 15.1. The maximum absolute atomic E-state index is 5.57. The summed E-state index contributed by atoms with van der Waals surface area (Å²) in [5, 5.41) is 0. The van der Waals surface area contributed by atoms with E-state index in [0.29, 0.717) is 6.54 Å². The first-order valence-corrected chi connectivity index (χ1v) is 5.41. The summed E-state index contributed by atoms with van der Waals surface area (Å²) in [6.07, 6.45) is 1.87. The van der Waals surface area contributed by atoms with Crippen LogP contribution in [0.5, 0.6) is 0 Å². The van der Waals surface area contributed by atoms with E-state index >= 15 is 0 Å². The fourth-order valence-corrected chi connectivity index (χ4v) is 1.96. The van der Waals surface area contributed by atoms with Crippen molar-refractivity contribution in [2.75, 3.05) is 6.54 Å². The molecule has 0 saturated carbocycles. The molecule has 0 unspecified atom stereocenters. The molecule has 0 atom stereocenters. The van der Waals surface area contributed by atoms with Crippen LogP contribution in [0.4, 0.5) is 0 Å². The molecule has 0 saturated heterocycles. The average molecular weight is 203 g/mol. The van der Waals surface area contributed by atoms with Crippen LogP contribution in [0.2, 0.25) is 0 Å². The molecule has 3 heteroatoms. The Morgan fingerprint density at radius 3 is 2.87 bits per heavy atom. The van der Waals surface area contributed by atoms with Gasteiger partial charge in [-0.25, -0.2) is 4.98 Å². The van der Waals surface area contributed by atoms with Gasteiger partial charge in [-0.1, -0.05) is 19.1 Å². The third kappa shape index (κ3) is 1.63. The van der Waals surface area contributed by atoms with Crippen LogP contribution in [0.3, 0.4) is 0 Å². The Balaban J connectivity index is 2.64. The molecule has 3 nitrogen and oxygen atoms in total. The second kappa shape index (κ2) is 4.03. The quantitative estimate of drug-likeness (QED) is 0.824. The van der Waals surface area contributed by atoms with Gasteiger partial charge in [0.2, 0.25) is 0 Å². The smallest absolute Gasteiger partial charge is 0.110 e. The Morgan fingerprint density at radius 1 is 1.40 bits per heavy atom. The molecule has 0 amide bonds. The monoisotopic (exact) mass is 203 g/mol. The van der Waals surface area contributed by atoms with Gasteiger partial charge in [0, 0.05) is 13.5 Å². The molecule has 80 valence electrons. The van der Waals surface area contributed by atoms with E-state index in [2.05, 4.69) is 41.7 Å². The number of hydrogen-bond donors (Lipinski definition) is 1. The average Bonchev–Trinajstić information content (AvgIpc) is 2.57. The SMILES string of the molecule is CCc1cccc2c1nc(CCN)n2C. The summed E-state index contributed by atoms with van der Waals surface area (Å²) in [5.41, 5.74) is 9.22. The van der Waals surface area contributed by atoms with Gasteiger partial charge in [0.25, 0.3) is 0 Å². The molecule has 0 aliphatic rings. The van der Waals surface area contributed by atoms with Gasteiger partial charge < -0.3 is 10.3 Å². The number of imidazole rings is 1. The summed E-state index contributed by atoms with van der Waals surface area (Å²) in [6.45, 7) is 2.81. The van der Waals surface area contributed by atoms with Crippen molar-refractivity contribution in [2.24, 2.45) is 12.8 Å². The van der Waals surface area contributed by atoms with Crippen LogP contribution in [0, 0.1) is 0 Å². The minimum Gasteiger partial charge on any atom is -0.331 e. The number of hydrogen-bond acceptors (Lipinski definition) is 2. The Morgan fingerprint density at radius 2 is 2.20 bits per heavy atom. The zero-order valence-corrected chi connectivity index (χ0v) is 9.33. The third-order valence-corrected chi connectivity index (χ3v) is 2.84. The number of fused-ring (bicyclic) bond motifs is 1. The zero-order valence-electron chi connectivity index (χ0n) is 9.33. The van der Waals surface area contributed by atoms with E-state index < -0.39 is 0 Å². The molecule has 0 fully saturated rings. The summed E-state index contributed by atoms with van der Waals surface area (Å²) in [5.74, 6) is 1.08. The van der Waals surface area contributed by atoms with Crippen molar-refractivity contribution in [1.82, 2.24) is 9.55 Å². The van der Waals surface area contributed by atoms with Gasteiger partial charge in [-0.05, 0) is 24.6 Å². The highest BCUT2D eigenvalue weighted by Crippen LogP contribution is 2.19. The highest BCUT2D eigenvalue weighted by Gasteiger charge is 2.08. The van der Waals surface area contributed by atoms with Gasteiger partial charge in [-0.3, -0.25) is 0 Å². The lowest BCUT2D eigenvalue weighted by molar-refractivity contribution is 0.794. The lowest BCUT2D eigenvalue weighted by Gasteiger charge is -2.00. The Labute approximate surface area is 89.9 Å². The fourth-order valence-electron chi connectivity index (χ4n) is 1.96. The molecule has 0 radical (unpaired) electrons. The predicted octanol–water partition coefficient (Wildman–Crippen LogP) is 1.64. The molecule has 15 heavy (non-hydrogen) atoms. The van der Waals surface area contributed by atoms with E-state index in [1.807, 2.05) is 0 Å².